The van der Waals surface area contributed by atoms with Crippen LogP contribution >= 0.6 is 23.2 Å². The van der Waals surface area contributed by atoms with Crippen molar-refractivity contribution in [3.05, 3.63) is 87.1 Å². The van der Waals surface area contributed by atoms with Crippen LogP contribution in [0.1, 0.15) is 10.4 Å². The average molecular weight is 450 g/mol. The summed E-state index contributed by atoms with van der Waals surface area (Å²) in [6.45, 7) is 0. The van der Waals surface area contributed by atoms with Gasteiger partial charge in [0.15, 0.2) is 0 Å². The number of nitrogens with zero attached hydrogens (tertiary/aromatic N) is 1. The molecule has 9 heteroatoms. The summed E-state index contributed by atoms with van der Waals surface area (Å²) in [6.07, 6.45) is 0. The van der Waals surface area contributed by atoms with Crippen molar-refractivity contribution in [1.29, 1.82) is 0 Å². The van der Waals surface area contributed by atoms with E-state index < -0.39 is 10.0 Å². The van der Waals surface area contributed by atoms with Gasteiger partial charge in [-0.1, -0.05) is 35.3 Å². The zero-order valence-corrected chi connectivity index (χ0v) is 17.4. The Balaban J connectivity index is 1.71. The zero-order chi connectivity index (χ0) is 21.0. The Bertz CT molecular complexity index is 1130. The number of nitrogens with one attached hydrogen (secondary N) is 1. The van der Waals surface area contributed by atoms with Crippen molar-refractivity contribution in [3.63, 3.8) is 0 Å². The van der Waals surface area contributed by atoms with Crippen LogP contribution in [0, 0.1) is 0 Å². The molecule has 0 heterocycles. The molecule has 0 saturated heterocycles. The van der Waals surface area contributed by atoms with Gasteiger partial charge < -0.3 is 14.8 Å². The van der Waals surface area contributed by atoms with Crippen LogP contribution in [0.4, 0.5) is 11.4 Å². The van der Waals surface area contributed by atoms with E-state index in [1.54, 1.807) is 31.4 Å². The van der Waals surface area contributed by atoms with E-state index in [0.29, 0.717) is 22.0 Å². The summed E-state index contributed by atoms with van der Waals surface area (Å²) in [7, 11) is -2.41. The molecule has 0 fully saturated rings. The first-order valence-corrected chi connectivity index (χ1v) is 10.5. The Hall–Kier alpha value is -2.74. The maximum absolute atomic E-state index is 12.5. The summed E-state index contributed by atoms with van der Waals surface area (Å²) in [6, 6.07) is 16.6. The van der Waals surface area contributed by atoms with Crippen LogP contribution in [0.25, 0.3) is 4.72 Å². The van der Waals surface area contributed by atoms with Gasteiger partial charge in [0, 0.05) is 11.3 Å². The summed E-state index contributed by atoms with van der Waals surface area (Å²) in [4.78, 5) is 12.3. The van der Waals surface area contributed by atoms with Gasteiger partial charge in [0.1, 0.15) is 15.8 Å². The molecule has 6 nitrogen and oxygen atoms in total. The largest absolute Gasteiger partial charge is 0.573 e. The number of carbonyl (C=O) groups is 1. The number of hydrogen-bond acceptors (Lipinski definition) is 4. The molecule has 29 heavy (non-hydrogen) atoms. The van der Waals surface area contributed by atoms with Crippen LogP contribution in [0.2, 0.25) is 10.0 Å². The maximum Gasteiger partial charge on any atom is 0.255 e. The molecule has 3 aromatic carbocycles. The lowest BCUT2D eigenvalue weighted by Gasteiger charge is -2.22. The number of ether oxygens (including phenoxy) is 1. The fourth-order valence-corrected chi connectivity index (χ4v) is 3.66. The maximum atomic E-state index is 12.5. The summed E-state index contributed by atoms with van der Waals surface area (Å²) in [5.74, 6) is 0.311. The van der Waals surface area contributed by atoms with E-state index in [9.17, 15) is 13.2 Å². The van der Waals surface area contributed by atoms with Gasteiger partial charge in [-0.05, 0) is 54.6 Å². The molecule has 3 aromatic rings. The van der Waals surface area contributed by atoms with E-state index in [1.165, 1.54) is 42.5 Å². The molecule has 0 spiro atoms. The Labute approximate surface area is 178 Å². The Kier molecular flexibility index (Phi) is 6.32. The molecular formula is C20H15Cl2N2O4S-. The summed E-state index contributed by atoms with van der Waals surface area (Å²) in [5.41, 5.74) is 1.05. The first kappa shape index (κ1) is 21.0. The fraction of sp³-hybridized carbons (Fsp3) is 0.0500. The molecule has 0 atom stereocenters. The molecule has 1 N–H and O–H groups in total. The molecule has 0 aliphatic heterocycles. The van der Waals surface area contributed by atoms with E-state index in [2.05, 4.69) is 10.0 Å². The van der Waals surface area contributed by atoms with Crippen molar-refractivity contribution in [1.82, 2.24) is 0 Å². The van der Waals surface area contributed by atoms with Crippen molar-refractivity contribution >= 4 is 50.5 Å². The lowest BCUT2D eigenvalue weighted by Crippen LogP contribution is -2.11. The molecule has 0 aliphatic carbocycles. The first-order chi connectivity index (χ1) is 13.8. The van der Waals surface area contributed by atoms with Crippen LogP contribution in [-0.4, -0.2) is 21.4 Å². The fourth-order valence-electron chi connectivity index (χ4n) is 2.39. The van der Waals surface area contributed by atoms with Gasteiger partial charge in [-0.25, -0.2) is 8.42 Å². The van der Waals surface area contributed by atoms with Crippen LogP contribution < -0.4 is 10.1 Å². The smallest absolute Gasteiger partial charge is 0.255 e. The number of amides is 1. The molecule has 0 aliphatic rings. The quantitative estimate of drug-likeness (QED) is 0.526. The third kappa shape index (κ3) is 5.20. The Morgan fingerprint density at radius 1 is 0.931 bits per heavy atom. The highest BCUT2D eigenvalue weighted by Gasteiger charge is 2.09. The zero-order valence-electron chi connectivity index (χ0n) is 15.1. The molecule has 1 amide bonds. The SMILES string of the molecule is COc1ccc(C(=O)Nc2ccc(S(=O)(=O)[N-]c3ccc(Cl)c(Cl)c3)cc2)cc1. The van der Waals surface area contributed by atoms with Crippen molar-refractivity contribution < 1.29 is 17.9 Å². The predicted molar refractivity (Wildman–Crippen MR) is 114 cm³/mol. The van der Waals surface area contributed by atoms with Gasteiger partial charge in [0.2, 0.25) is 0 Å². The highest BCUT2D eigenvalue weighted by molar-refractivity contribution is 7.94. The lowest BCUT2D eigenvalue weighted by molar-refractivity contribution is 0.102. The minimum absolute atomic E-state index is 0.0222. The summed E-state index contributed by atoms with van der Waals surface area (Å²) in [5, 5.41) is 3.21. The molecule has 150 valence electrons. The number of carbonyl (C=O) groups excluding carboxylic acids is 1. The van der Waals surface area contributed by atoms with Gasteiger partial charge in [-0.15, -0.1) is 5.69 Å². The molecule has 0 saturated carbocycles. The van der Waals surface area contributed by atoms with Crippen molar-refractivity contribution in [2.75, 3.05) is 12.4 Å². The van der Waals surface area contributed by atoms with Crippen molar-refractivity contribution in [3.8, 4) is 5.75 Å². The van der Waals surface area contributed by atoms with Crippen LogP contribution in [0.3, 0.4) is 0 Å². The second-order valence-corrected chi connectivity index (χ2v) is 8.29. The van der Waals surface area contributed by atoms with E-state index in [0.717, 1.165) is 0 Å². The topological polar surface area (TPSA) is 86.6 Å². The van der Waals surface area contributed by atoms with E-state index in [4.69, 9.17) is 27.9 Å². The minimum Gasteiger partial charge on any atom is -0.573 e. The number of methoxy groups -OCH3 is 1. The molecule has 0 unspecified atom stereocenters. The third-order valence-electron chi connectivity index (χ3n) is 3.89. The molecule has 0 radical (unpaired) electrons. The van der Waals surface area contributed by atoms with Gasteiger partial charge >= 0.3 is 0 Å². The molecule has 3 rings (SSSR count). The van der Waals surface area contributed by atoms with Gasteiger partial charge in [-0.3, -0.25) is 4.79 Å². The number of rotatable bonds is 6. The Morgan fingerprint density at radius 2 is 1.59 bits per heavy atom. The molecule has 0 bridgehead atoms. The average Bonchev–Trinajstić information content (AvgIpc) is 2.71. The second-order valence-electron chi connectivity index (χ2n) is 5.87. The first-order valence-electron chi connectivity index (χ1n) is 8.27. The van der Waals surface area contributed by atoms with Crippen molar-refractivity contribution in [2.24, 2.45) is 0 Å². The van der Waals surface area contributed by atoms with Crippen LogP contribution in [0.15, 0.2) is 71.6 Å². The second kappa shape index (κ2) is 8.73. The molecular weight excluding hydrogens is 435 g/mol. The Morgan fingerprint density at radius 3 is 2.17 bits per heavy atom. The number of sulfonamides is 1. The van der Waals surface area contributed by atoms with E-state index in [-0.39, 0.29) is 21.5 Å². The van der Waals surface area contributed by atoms with Gasteiger partial charge in [0.25, 0.3) is 5.91 Å². The van der Waals surface area contributed by atoms with E-state index >= 15 is 0 Å². The predicted octanol–water partition coefficient (Wildman–Crippen LogP) is 5.65. The van der Waals surface area contributed by atoms with Crippen LogP contribution in [0.5, 0.6) is 5.75 Å². The molecule has 0 aromatic heterocycles. The minimum atomic E-state index is -3.95. The highest BCUT2D eigenvalue weighted by atomic mass is 35.5. The third-order valence-corrected chi connectivity index (χ3v) is 5.95. The highest BCUT2D eigenvalue weighted by Crippen LogP contribution is 2.33. The lowest BCUT2D eigenvalue weighted by atomic mass is 10.2. The van der Waals surface area contributed by atoms with Gasteiger partial charge in [0.05, 0.1) is 22.1 Å². The summed E-state index contributed by atoms with van der Waals surface area (Å²) >= 11 is 11.7. The summed E-state index contributed by atoms with van der Waals surface area (Å²) < 4.78 is 33.7. The normalized spacial score (nSPS) is 11.0. The number of benzene rings is 3. The van der Waals surface area contributed by atoms with Crippen LogP contribution in [-0.2, 0) is 10.0 Å². The van der Waals surface area contributed by atoms with E-state index in [1.807, 2.05) is 0 Å². The standard InChI is InChI=1S/C20H15Cl2N2O4S/c1-28-16-7-2-13(3-8-16)20(25)23-14-4-9-17(10-5-14)29(26,27)24-15-6-11-18(21)19(22)12-15/h2-12H,1H3,(H,23,25)/q-1. The number of hydrogen-bond donors (Lipinski definition) is 1. The number of anilines is 1. The number of halogens is 2. The van der Waals surface area contributed by atoms with Crippen molar-refractivity contribution in [2.45, 2.75) is 4.90 Å². The van der Waals surface area contributed by atoms with Gasteiger partial charge in [-0.2, -0.15) is 0 Å². The monoisotopic (exact) mass is 449 g/mol.